The summed E-state index contributed by atoms with van der Waals surface area (Å²) in [6.45, 7) is 3.56. The van der Waals surface area contributed by atoms with E-state index in [1.165, 1.54) is 11.3 Å². The number of carboxylic acid groups (broad SMARTS) is 1. The Bertz CT molecular complexity index is 695. The third-order valence-electron chi connectivity index (χ3n) is 2.88. The fraction of sp³-hybridized carbons (Fsp3) is 0.267. The first-order valence-corrected chi connectivity index (χ1v) is 7.84. The molecule has 1 heterocycles. The van der Waals surface area contributed by atoms with Crippen LogP contribution in [0.5, 0.6) is 0 Å². The van der Waals surface area contributed by atoms with Crippen molar-refractivity contribution in [3.8, 4) is 11.3 Å². The van der Waals surface area contributed by atoms with Gasteiger partial charge in [-0.05, 0) is 12.1 Å². The third kappa shape index (κ3) is 4.05. The SMILES string of the molecule is CC(C)C(=O)Nc1nc(-c2ccc(Cl)cc2)c(CC(=O)O)s1. The molecule has 1 aromatic heterocycles. The van der Waals surface area contributed by atoms with Crippen LogP contribution in [0.1, 0.15) is 18.7 Å². The van der Waals surface area contributed by atoms with Crippen molar-refractivity contribution in [3.05, 3.63) is 34.2 Å². The first-order chi connectivity index (χ1) is 10.4. The fourth-order valence-corrected chi connectivity index (χ4v) is 2.85. The highest BCUT2D eigenvalue weighted by Crippen LogP contribution is 2.32. The zero-order valence-corrected chi connectivity index (χ0v) is 13.7. The van der Waals surface area contributed by atoms with Gasteiger partial charge in [0.05, 0.1) is 12.1 Å². The van der Waals surface area contributed by atoms with Crippen LogP contribution in [0.2, 0.25) is 5.02 Å². The molecule has 2 rings (SSSR count). The first kappa shape index (κ1) is 16.5. The molecule has 0 spiro atoms. The molecular formula is C15H15ClN2O3S. The summed E-state index contributed by atoms with van der Waals surface area (Å²) >= 11 is 7.04. The van der Waals surface area contributed by atoms with E-state index in [1.54, 1.807) is 38.1 Å². The molecule has 7 heteroatoms. The van der Waals surface area contributed by atoms with E-state index in [1.807, 2.05) is 0 Å². The van der Waals surface area contributed by atoms with Crippen LogP contribution in [0.15, 0.2) is 24.3 Å². The van der Waals surface area contributed by atoms with Gasteiger partial charge in [0.25, 0.3) is 0 Å². The maximum atomic E-state index is 11.8. The number of halogens is 1. The molecule has 1 amide bonds. The molecule has 2 aromatic rings. The molecule has 0 aliphatic carbocycles. The summed E-state index contributed by atoms with van der Waals surface area (Å²) in [5, 5.41) is 12.7. The van der Waals surface area contributed by atoms with Gasteiger partial charge in [-0.3, -0.25) is 9.59 Å². The van der Waals surface area contributed by atoms with E-state index in [0.717, 1.165) is 5.56 Å². The molecule has 0 unspecified atom stereocenters. The number of hydrogen-bond acceptors (Lipinski definition) is 4. The number of aromatic nitrogens is 1. The Hall–Kier alpha value is -1.92. The topological polar surface area (TPSA) is 79.3 Å². The molecule has 1 aromatic carbocycles. The normalized spacial score (nSPS) is 10.7. The number of nitrogens with one attached hydrogen (secondary N) is 1. The summed E-state index contributed by atoms with van der Waals surface area (Å²) in [5.41, 5.74) is 1.32. The number of thiazole rings is 1. The van der Waals surface area contributed by atoms with Gasteiger partial charge in [0.15, 0.2) is 5.13 Å². The summed E-state index contributed by atoms with van der Waals surface area (Å²) in [4.78, 5) is 27.7. The van der Waals surface area contributed by atoms with Crippen LogP contribution in [0.3, 0.4) is 0 Å². The minimum Gasteiger partial charge on any atom is -0.481 e. The van der Waals surface area contributed by atoms with Crippen molar-refractivity contribution >= 4 is 39.9 Å². The van der Waals surface area contributed by atoms with Crippen molar-refractivity contribution in [1.82, 2.24) is 4.98 Å². The van der Waals surface area contributed by atoms with Gasteiger partial charge >= 0.3 is 5.97 Å². The largest absolute Gasteiger partial charge is 0.481 e. The van der Waals surface area contributed by atoms with Gasteiger partial charge in [-0.2, -0.15) is 0 Å². The predicted molar refractivity (Wildman–Crippen MR) is 87.4 cm³/mol. The molecule has 22 heavy (non-hydrogen) atoms. The first-order valence-electron chi connectivity index (χ1n) is 6.65. The standard InChI is InChI=1S/C15H15ClN2O3S/c1-8(2)14(21)18-15-17-13(11(22-15)7-12(19)20)9-3-5-10(16)6-4-9/h3-6,8H,7H2,1-2H3,(H,19,20)(H,17,18,21). The molecule has 0 aliphatic rings. The second-order valence-electron chi connectivity index (χ2n) is 5.01. The second kappa shape index (κ2) is 6.89. The van der Waals surface area contributed by atoms with Crippen LogP contribution >= 0.6 is 22.9 Å². The number of benzene rings is 1. The van der Waals surface area contributed by atoms with Crippen LogP contribution < -0.4 is 5.32 Å². The molecule has 0 bridgehead atoms. The van der Waals surface area contributed by atoms with Crippen LogP contribution in [0.25, 0.3) is 11.3 Å². The minimum absolute atomic E-state index is 0.146. The summed E-state index contributed by atoms with van der Waals surface area (Å²) in [6, 6.07) is 6.98. The van der Waals surface area contributed by atoms with Gasteiger partial charge < -0.3 is 10.4 Å². The maximum absolute atomic E-state index is 11.8. The lowest BCUT2D eigenvalue weighted by Gasteiger charge is -2.03. The van der Waals surface area contributed by atoms with Crippen LogP contribution in [-0.2, 0) is 16.0 Å². The van der Waals surface area contributed by atoms with E-state index in [-0.39, 0.29) is 18.2 Å². The maximum Gasteiger partial charge on any atom is 0.308 e. The van der Waals surface area contributed by atoms with Crippen LogP contribution in [-0.4, -0.2) is 22.0 Å². The summed E-state index contributed by atoms with van der Waals surface area (Å²) in [7, 11) is 0. The van der Waals surface area contributed by atoms with Crippen molar-refractivity contribution in [2.75, 3.05) is 5.32 Å². The molecular weight excluding hydrogens is 324 g/mol. The lowest BCUT2D eigenvalue weighted by molar-refractivity contribution is -0.136. The van der Waals surface area contributed by atoms with Crippen LogP contribution in [0, 0.1) is 5.92 Å². The quantitative estimate of drug-likeness (QED) is 0.871. The average Bonchev–Trinajstić information content (AvgIpc) is 2.81. The smallest absolute Gasteiger partial charge is 0.308 e. The van der Waals surface area contributed by atoms with E-state index in [0.29, 0.717) is 20.7 Å². The van der Waals surface area contributed by atoms with E-state index in [9.17, 15) is 9.59 Å². The van der Waals surface area contributed by atoms with Crippen LogP contribution in [0.4, 0.5) is 5.13 Å². The highest BCUT2D eigenvalue weighted by molar-refractivity contribution is 7.16. The predicted octanol–water partition coefficient (Wildman–Crippen LogP) is 3.69. The van der Waals surface area contributed by atoms with E-state index < -0.39 is 5.97 Å². The molecule has 116 valence electrons. The molecule has 0 radical (unpaired) electrons. The lowest BCUT2D eigenvalue weighted by Crippen LogP contribution is -2.17. The molecule has 2 N–H and O–H groups in total. The number of aliphatic carboxylic acids is 1. The molecule has 0 fully saturated rings. The van der Waals surface area contributed by atoms with E-state index in [4.69, 9.17) is 16.7 Å². The fourth-order valence-electron chi connectivity index (χ4n) is 1.75. The van der Waals surface area contributed by atoms with Crippen molar-refractivity contribution in [3.63, 3.8) is 0 Å². The Morgan fingerprint density at radius 1 is 1.32 bits per heavy atom. The number of carbonyl (C=O) groups is 2. The number of nitrogens with zero attached hydrogens (tertiary/aromatic N) is 1. The number of hydrogen-bond donors (Lipinski definition) is 2. The van der Waals surface area contributed by atoms with Gasteiger partial charge in [0, 0.05) is 21.4 Å². The number of rotatable bonds is 5. The van der Waals surface area contributed by atoms with Gasteiger partial charge in [0.2, 0.25) is 5.91 Å². The zero-order valence-electron chi connectivity index (χ0n) is 12.1. The highest BCUT2D eigenvalue weighted by Gasteiger charge is 2.18. The minimum atomic E-state index is -0.944. The van der Waals surface area contributed by atoms with Crippen molar-refractivity contribution in [2.24, 2.45) is 5.92 Å². The molecule has 5 nitrogen and oxygen atoms in total. The summed E-state index contributed by atoms with van der Waals surface area (Å²) in [6.07, 6.45) is -0.146. The van der Waals surface area contributed by atoms with Crippen molar-refractivity contribution in [1.29, 1.82) is 0 Å². The second-order valence-corrected chi connectivity index (χ2v) is 6.53. The van der Waals surface area contributed by atoms with E-state index in [2.05, 4.69) is 10.3 Å². The molecule has 0 aliphatic heterocycles. The Balaban J connectivity index is 2.37. The van der Waals surface area contributed by atoms with Crippen molar-refractivity contribution < 1.29 is 14.7 Å². The third-order valence-corrected chi connectivity index (χ3v) is 4.10. The number of carboxylic acids is 1. The molecule has 0 saturated carbocycles. The van der Waals surface area contributed by atoms with Gasteiger partial charge in [-0.15, -0.1) is 11.3 Å². The lowest BCUT2D eigenvalue weighted by atomic mass is 10.1. The summed E-state index contributed by atoms with van der Waals surface area (Å²) in [5.74, 6) is -1.27. The monoisotopic (exact) mass is 338 g/mol. The van der Waals surface area contributed by atoms with E-state index >= 15 is 0 Å². The highest BCUT2D eigenvalue weighted by atomic mass is 35.5. The van der Waals surface area contributed by atoms with Crippen molar-refractivity contribution in [2.45, 2.75) is 20.3 Å². The van der Waals surface area contributed by atoms with Gasteiger partial charge in [-0.25, -0.2) is 4.98 Å². The molecule has 0 saturated heterocycles. The average molecular weight is 339 g/mol. The molecule has 0 atom stereocenters. The Morgan fingerprint density at radius 3 is 2.50 bits per heavy atom. The summed E-state index contributed by atoms with van der Waals surface area (Å²) < 4.78 is 0. The number of amides is 1. The Labute approximate surface area is 137 Å². The number of anilines is 1. The number of carbonyl (C=O) groups excluding carboxylic acids is 1. The van der Waals surface area contributed by atoms with Gasteiger partial charge in [-0.1, -0.05) is 37.6 Å². The Kier molecular flexibility index (Phi) is 5.15. The zero-order chi connectivity index (χ0) is 16.3. The Morgan fingerprint density at radius 2 is 1.95 bits per heavy atom. The van der Waals surface area contributed by atoms with Gasteiger partial charge in [0.1, 0.15) is 0 Å².